The smallest absolute Gasteiger partial charge is 0.432 e. The topological polar surface area (TPSA) is 174 Å². The second-order valence-corrected chi connectivity index (χ2v) is 12.8. The number of thiophene rings is 1. The van der Waals surface area contributed by atoms with Gasteiger partial charge in [-0.15, -0.1) is 11.3 Å². The lowest BCUT2D eigenvalue weighted by atomic mass is 10.2. The molecule has 1 heterocycles. The molecular weight excluding hydrogens is 536 g/mol. The monoisotopic (exact) mass is 568 g/mol. The van der Waals surface area contributed by atoms with Crippen LogP contribution in [0.25, 0.3) is 0 Å². The third-order valence-electron chi connectivity index (χ3n) is 4.36. The lowest BCUT2D eigenvalue weighted by Crippen LogP contribution is -2.50. The molecule has 208 valence electrons. The second kappa shape index (κ2) is 12.0. The van der Waals surface area contributed by atoms with Crippen molar-refractivity contribution in [3.8, 4) is 0 Å². The molecule has 0 saturated carbocycles. The van der Waals surface area contributed by atoms with Crippen molar-refractivity contribution in [2.75, 3.05) is 6.54 Å². The number of carbonyl (C=O) groups excluding carboxylic acids is 4. The standard InChI is InChI=1S/C24H32N4O8S2/c1-23(2,3)35-21(31)16(27-38(33,34)15-10-8-7-9-11-15)14-26-19(29)17-12-13-18(37-17)20(30)28(25)22(32)36-24(4,5)6/h7-13,16,27H,14,25H2,1-6H3,(H,26,29)/t16-/m0/s1. The average Bonchev–Trinajstić information content (AvgIpc) is 3.29. The van der Waals surface area contributed by atoms with Crippen molar-refractivity contribution in [3.63, 3.8) is 0 Å². The number of rotatable bonds is 8. The molecule has 0 spiro atoms. The molecule has 2 aromatic rings. The molecule has 3 amide bonds. The quantitative estimate of drug-likeness (QED) is 0.187. The van der Waals surface area contributed by atoms with E-state index in [1.807, 2.05) is 0 Å². The summed E-state index contributed by atoms with van der Waals surface area (Å²) in [5.41, 5.74) is -1.79. The molecule has 0 aliphatic carbocycles. The van der Waals surface area contributed by atoms with E-state index in [0.717, 1.165) is 11.3 Å². The number of sulfonamides is 1. The zero-order valence-electron chi connectivity index (χ0n) is 21.9. The Morgan fingerprint density at radius 2 is 1.47 bits per heavy atom. The molecule has 38 heavy (non-hydrogen) atoms. The fourth-order valence-corrected chi connectivity index (χ4v) is 4.84. The van der Waals surface area contributed by atoms with Crippen LogP contribution in [-0.2, 0) is 24.3 Å². The normalized spacial score (nSPS) is 12.8. The lowest BCUT2D eigenvalue weighted by Gasteiger charge is -2.24. The first-order valence-corrected chi connectivity index (χ1v) is 13.7. The Morgan fingerprint density at radius 3 is 2.03 bits per heavy atom. The molecule has 0 aliphatic rings. The number of nitrogens with zero attached hydrogens (tertiary/aromatic N) is 1. The maximum Gasteiger partial charge on any atom is 0.432 e. The van der Waals surface area contributed by atoms with Crippen molar-refractivity contribution in [3.05, 3.63) is 52.2 Å². The first-order valence-electron chi connectivity index (χ1n) is 11.4. The molecule has 0 aliphatic heterocycles. The number of hydrazine groups is 1. The van der Waals surface area contributed by atoms with Gasteiger partial charge in [-0.25, -0.2) is 19.1 Å². The molecule has 0 unspecified atom stereocenters. The van der Waals surface area contributed by atoms with E-state index >= 15 is 0 Å². The van der Waals surface area contributed by atoms with Crippen LogP contribution in [0, 0.1) is 0 Å². The first-order chi connectivity index (χ1) is 17.4. The van der Waals surface area contributed by atoms with Gasteiger partial charge in [0.25, 0.3) is 11.8 Å². The van der Waals surface area contributed by atoms with Crippen LogP contribution in [0.1, 0.15) is 60.9 Å². The number of ether oxygens (including phenoxy) is 2. The number of nitrogens with one attached hydrogen (secondary N) is 2. The minimum absolute atomic E-state index is 0.0167. The highest BCUT2D eigenvalue weighted by molar-refractivity contribution is 7.89. The average molecular weight is 569 g/mol. The molecule has 0 fully saturated rings. The van der Waals surface area contributed by atoms with Gasteiger partial charge in [0.15, 0.2) is 0 Å². The molecule has 4 N–H and O–H groups in total. The summed E-state index contributed by atoms with van der Waals surface area (Å²) >= 11 is 0.747. The summed E-state index contributed by atoms with van der Waals surface area (Å²) < 4.78 is 38.2. The van der Waals surface area contributed by atoms with Gasteiger partial charge in [-0.3, -0.25) is 14.4 Å². The first kappa shape index (κ1) is 30.9. The Balaban J connectivity index is 2.15. The van der Waals surface area contributed by atoms with Gasteiger partial charge in [0, 0.05) is 6.54 Å². The highest BCUT2D eigenvalue weighted by atomic mass is 32.2. The summed E-state index contributed by atoms with van der Waals surface area (Å²) in [5.74, 6) is 3.10. The minimum Gasteiger partial charge on any atom is -0.459 e. The van der Waals surface area contributed by atoms with Crippen LogP contribution in [0.2, 0.25) is 0 Å². The Kier molecular flexibility index (Phi) is 9.77. The fraction of sp³-hybridized carbons (Fsp3) is 0.417. The number of imide groups is 1. The molecule has 1 atom stereocenters. The Hall–Kier alpha value is -3.33. The predicted octanol–water partition coefficient (Wildman–Crippen LogP) is 2.42. The van der Waals surface area contributed by atoms with Crippen molar-refractivity contribution in [1.29, 1.82) is 0 Å². The molecule has 0 saturated heterocycles. The van der Waals surface area contributed by atoms with Gasteiger partial charge in [0.1, 0.15) is 17.2 Å². The largest absolute Gasteiger partial charge is 0.459 e. The van der Waals surface area contributed by atoms with Crippen molar-refractivity contribution < 1.29 is 37.1 Å². The lowest BCUT2D eigenvalue weighted by molar-refractivity contribution is -0.156. The van der Waals surface area contributed by atoms with Crippen LogP contribution in [0.5, 0.6) is 0 Å². The Morgan fingerprint density at radius 1 is 0.921 bits per heavy atom. The van der Waals surface area contributed by atoms with Gasteiger partial charge < -0.3 is 14.8 Å². The van der Waals surface area contributed by atoms with Crippen LogP contribution in [0.15, 0.2) is 47.4 Å². The van der Waals surface area contributed by atoms with Gasteiger partial charge in [-0.1, -0.05) is 18.2 Å². The van der Waals surface area contributed by atoms with E-state index in [0.29, 0.717) is 5.01 Å². The number of hydrogen-bond acceptors (Lipinski definition) is 10. The van der Waals surface area contributed by atoms with Gasteiger partial charge in [-0.2, -0.15) is 9.73 Å². The molecule has 1 aromatic heterocycles. The maximum absolute atomic E-state index is 12.8. The van der Waals surface area contributed by atoms with E-state index in [4.69, 9.17) is 15.3 Å². The third-order valence-corrected chi connectivity index (χ3v) is 6.92. The van der Waals surface area contributed by atoms with Gasteiger partial charge in [-0.05, 0) is 65.8 Å². The maximum atomic E-state index is 12.8. The zero-order chi connectivity index (χ0) is 28.9. The summed E-state index contributed by atoms with van der Waals surface area (Å²) in [6.45, 7) is 9.25. The van der Waals surface area contributed by atoms with E-state index in [1.165, 1.54) is 36.4 Å². The van der Waals surface area contributed by atoms with E-state index in [2.05, 4.69) is 10.0 Å². The highest BCUT2D eigenvalue weighted by Crippen LogP contribution is 2.19. The van der Waals surface area contributed by atoms with E-state index in [1.54, 1.807) is 47.6 Å². The van der Waals surface area contributed by atoms with Crippen LogP contribution in [-0.4, -0.2) is 61.1 Å². The number of carbonyl (C=O) groups is 4. The predicted molar refractivity (Wildman–Crippen MR) is 140 cm³/mol. The van der Waals surface area contributed by atoms with Gasteiger partial charge >= 0.3 is 12.1 Å². The van der Waals surface area contributed by atoms with Gasteiger partial charge in [0.05, 0.1) is 14.6 Å². The molecule has 0 bridgehead atoms. The summed E-state index contributed by atoms with van der Waals surface area (Å²) in [4.78, 5) is 50.0. The van der Waals surface area contributed by atoms with Crippen LogP contribution < -0.4 is 15.9 Å². The number of esters is 1. The highest BCUT2D eigenvalue weighted by Gasteiger charge is 2.31. The second-order valence-electron chi connectivity index (χ2n) is 10.0. The summed E-state index contributed by atoms with van der Waals surface area (Å²) in [6.07, 6.45) is -1.06. The number of benzene rings is 1. The van der Waals surface area contributed by atoms with Gasteiger partial charge in [0.2, 0.25) is 10.0 Å². The van der Waals surface area contributed by atoms with Crippen LogP contribution in [0.3, 0.4) is 0 Å². The van der Waals surface area contributed by atoms with Crippen LogP contribution in [0.4, 0.5) is 4.79 Å². The number of nitrogens with two attached hydrogens (primary N) is 1. The van der Waals surface area contributed by atoms with Crippen molar-refractivity contribution >= 4 is 45.2 Å². The Labute approximate surface area is 225 Å². The van der Waals surface area contributed by atoms with Crippen molar-refractivity contribution in [1.82, 2.24) is 15.0 Å². The van der Waals surface area contributed by atoms with Crippen LogP contribution >= 0.6 is 11.3 Å². The molecule has 14 heteroatoms. The van der Waals surface area contributed by atoms with E-state index < -0.39 is 57.7 Å². The summed E-state index contributed by atoms with van der Waals surface area (Å²) in [7, 11) is -4.12. The number of hydrogen-bond donors (Lipinski definition) is 3. The van der Waals surface area contributed by atoms with E-state index in [9.17, 15) is 27.6 Å². The summed E-state index contributed by atoms with van der Waals surface area (Å²) in [5, 5.41) is 2.77. The van der Waals surface area contributed by atoms with Crippen molar-refractivity contribution in [2.24, 2.45) is 5.84 Å². The zero-order valence-corrected chi connectivity index (χ0v) is 23.6. The third kappa shape index (κ3) is 9.20. The summed E-state index contributed by atoms with van der Waals surface area (Å²) in [6, 6.07) is 8.59. The number of amides is 3. The van der Waals surface area contributed by atoms with E-state index in [-0.39, 0.29) is 14.6 Å². The minimum atomic E-state index is -4.12. The SMILES string of the molecule is CC(C)(C)OC(=O)[C@H](CNC(=O)c1ccc(C(=O)N(N)C(=O)OC(C)(C)C)s1)NS(=O)(=O)c1ccccc1. The molecular formula is C24H32N4O8S2. The Bertz CT molecular complexity index is 1280. The molecule has 2 rings (SSSR count). The van der Waals surface area contributed by atoms with Crippen molar-refractivity contribution in [2.45, 2.75) is 63.7 Å². The molecule has 12 nitrogen and oxygen atoms in total. The molecule has 0 radical (unpaired) electrons. The fourth-order valence-electron chi connectivity index (χ4n) is 2.77. The molecule has 1 aromatic carbocycles.